The number of thiophene rings is 1. The Morgan fingerprint density at radius 2 is 1.73 bits per heavy atom. The van der Waals surface area contributed by atoms with E-state index >= 15 is 0 Å². The zero-order valence-electron chi connectivity index (χ0n) is 19.0. The number of hydrogen-bond acceptors (Lipinski definition) is 6. The number of nitrogens with one attached hydrogen (secondary N) is 1. The lowest BCUT2D eigenvalue weighted by Crippen LogP contribution is -2.35. The highest BCUT2D eigenvalue weighted by atomic mass is 32.2. The first-order valence-electron chi connectivity index (χ1n) is 11.3. The zero-order valence-corrected chi connectivity index (χ0v) is 20.6. The molecule has 0 unspecified atom stereocenters. The van der Waals surface area contributed by atoms with Crippen molar-refractivity contribution in [1.82, 2.24) is 9.21 Å². The van der Waals surface area contributed by atoms with E-state index in [9.17, 15) is 18.0 Å². The van der Waals surface area contributed by atoms with Crippen LogP contribution in [0.4, 0.5) is 5.00 Å². The molecule has 1 saturated heterocycles. The summed E-state index contributed by atoms with van der Waals surface area (Å²) in [6.45, 7) is 6.87. The van der Waals surface area contributed by atoms with E-state index in [1.54, 1.807) is 0 Å². The fourth-order valence-electron chi connectivity index (χ4n) is 4.42. The van der Waals surface area contributed by atoms with Gasteiger partial charge < -0.3 is 11.1 Å². The van der Waals surface area contributed by atoms with Gasteiger partial charge in [-0.3, -0.25) is 14.5 Å². The van der Waals surface area contributed by atoms with Crippen LogP contribution in [0.5, 0.6) is 0 Å². The topological polar surface area (TPSA) is 113 Å². The molecule has 10 heteroatoms. The van der Waals surface area contributed by atoms with Crippen LogP contribution in [0.15, 0.2) is 29.2 Å². The second-order valence-electron chi connectivity index (χ2n) is 8.83. The first-order chi connectivity index (χ1) is 15.7. The average Bonchev–Trinajstić information content (AvgIpc) is 3.16. The van der Waals surface area contributed by atoms with Gasteiger partial charge in [-0.1, -0.05) is 6.42 Å². The Balaban J connectivity index is 1.53. The third kappa shape index (κ3) is 4.84. The maximum Gasteiger partial charge on any atom is 0.256 e. The number of fused-ring (bicyclic) bond motifs is 1. The molecule has 1 fully saturated rings. The predicted octanol–water partition coefficient (Wildman–Crippen LogP) is 3.04. The molecule has 2 aromatic rings. The van der Waals surface area contributed by atoms with Crippen LogP contribution in [0.2, 0.25) is 0 Å². The highest BCUT2D eigenvalue weighted by Gasteiger charge is 2.29. The summed E-state index contributed by atoms with van der Waals surface area (Å²) in [6.07, 6.45) is 3.48. The fourth-order valence-corrected chi connectivity index (χ4v) is 7.21. The summed E-state index contributed by atoms with van der Waals surface area (Å²) in [5.41, 5.74) is 7.28. The van der Waals surface area contributed by atoms with Crippen LogP contribution in [-0.2, 0) is 23.0 Å². The second kappa shape index (κ2) is 9.54. The van der Waals surface area contributed by atoms with Gasteiger partial charge in [0, 0.05) is 42.7 Å². The SMILES string of the molecule is CC(C)N1CCc2c(sc(NC(=O)c3ccc(S(=O)(=O)N4CCCCC4)cc3)c2C(N)=O)C1. The molecule has 8 nitrogen and oxygen atoms in total. The molecule has 1 aromatic carbocycles. The molecule has 2 amide bonds. The largest absolute Gasteiger partial charge is 0.365 e. The van der Waals surface area contributed by atoms with Gasteiger partial charge in [-0.2, -0.15) is 4.31 Å². The van der Waals surface area contributed by atoms with Crippen molar-refractivity contribution in [2.75, 3.05) is 25.0 Å². The molecule has 3 heterocycles. The van der Waals surface area contributed by atoms with E-state index in [0.29, 0.717) is 41.7 Å². The van der Waals surface area contributed by atoms with E-state index in [1.165, 1.54) is 39.9 Å². The number of sulfonamides is 1. The molecule has 1 aromatic heterocycles. The molecule has 0 aliphatic carbocycles. The number of carbonyl (C=O) groups excluding carboxylic acids is 2. The molecule has 4 rings (SSSR count). The number of hydrogen-bond donors (Lipinski definition) is 2. The van der Waals surface area contributed by atoms with Gasteiger partial charge in [0.25, 0.3) is 11.8 Å². The predicted molar refractivity (Wildman–Crippen MR) is 129 cm³/mol. The van der Waals surface area contributed by atoms with Crippen molar-refractivity contribution in [3.63, 3.8) is 0 Å². The number of nitrogens with zero attached hydrogens (tertiary/aromatic N) is 2. The minimum atomic E-state index is -3.56. The summed E-state index contributed by atoms with van der Waals surface area (Å²) in [5, 5.41) is 3.28. The minimum absolute atomic E-state index is 0.180. The van der Waals surface area contributed by atoms with Crippen LogP contribution in [0.3, 0.4) is 0 Å². The van der Waals surface area contributed by atoms with Gasteiger partial charge in [0.05, 0.1) is 10.5 Å². The molecular formula is C23H30N4O4S2. The summed E-state index contributed by atoms with van der Waals surface area (Å²) < 4.78 is 27.2. The van der Waals surface area contributed by atoms with E-state index in [1.807, 2.05) is 0 Å². The van der Waals surface area contributed by atoms with Gasteiger partial charge in [0.15, 0.2) is 0 Å². The number of primary amides is 1. The van der Waals surface area contributed by atoms with Gasteiger partial charge in [-0.05, 0) is 62.9 Å². The Labute approximate surface area is 198 Å². The maximum absolute atomic E-state index is 12.9. The summed E-state index contributed by atoms with van der Waals surface area (Å²) in [4.78, 5) is 28.6. The van der Waals surface area contributed by atoms with Crippen LogP contribution < -0.4 is 11.1 Å². The smallest absolute Gasteiger partial charge is 0.256 e. The quantitative estimate of drug-likeness (QED) is 0.646. The number of carbonyl (C=O) groups is 2. The highest BCUT2D eigenvalue weighted by Crippen LogP contribution is 2.37. The van der Waals surface area contributed by atoms with E-state index < -0.39 is 21.8 Å². The number of benzene rings is 1. The molecule has 2 aliphatic rings. The maximum atomic E-state index is 12.9. The minimum Gasteiger partial charge on any atom is -0.365 e. The van der Waals surface area contributed by atoms with Crippen LogP contribution in [0.25, 0.3) is 0 Å². The molecular weight excluding hydrogens is 460 g/mol. The van der Waals surface area contributed by atoms with Crippen LogP contribution in [0.1, 0.15) is 64.3 Å². The van der Waals surface area contributed by atoms with Crippen molar-refractivity contribution < 1.29 is 18.0 Å². The van der Waals surface area contributed by atoms with Crippen molar-refractivity contribution in [3.8, 4) is 0 Å². The zero-order chi connectivity index (χ0) is 23.8. The Kier molecular flexibility index (Phi) is 6.90. The standard InChI is InChI=1S/C23H30N4O4S2/c1-15(2)26-13-10-18-19(14-26)32-23(20(18)21(24)28)25-22(29)16-6-8-17(9-7-16)33(30,31)27-11-4-3-5-12-27/h6-9,15H,3-5,10-14H2,1-2H3,(H2,24,28)(H,25,29). The Bertz CT molecular complexity index is 1150. The van der Waals surface area contributed by atoms with Crippen molar-refractivity contribution in [2.24, 2.45) is 5.73 Å². The number of amides is 2. The summed E-state index contributed by atoms with van der Waals surface area (Å²) in [6, 6.07) is 6.32. The molecule has 0 bridgehead atoms. The summed E-state index contributed by atoms with van der Waals surface area (Å²) in [5.74, 6) is -0.956. The lowest BCUT2D eigenvalue weighted by molar-refractivity contribution is 0.0999. The molecule has 178 valence electrons. The lowest BCUT2D eigenvalue weighted by Gasteiger charge is -2.30. The first kappa shape index (κ1) is 23.9. The second-order valence-corrected chi connectivity index (χ2v) is 11.9. The average molecular weight is 491 g/mol. The first-order valence-corrected chi connectivity index (χ1v) is 13.5. The number of nitrogens with two attached hydrogens (primary N) is 1. The lowest BCUT2D eigenvalue weighted by atomic mass is 10.0. The van der Waals surface area contributed by atoms with Crippen LogP contribution >= 0.6 is 11.3 Å². The van der Waals surface area contributed by atoms with E-state index in [0.717, 1.165) is 42.8 Å². The van der Waals surface area contributed by atoms with Gasteiger partial charge in [-0.15, -0.1) is 11.3 Å². The number of anilines is 1. The van der Waals surface area contributed by atoms with Gasteiger partial charge >= 0.3 is 0 Å². The van der Waals surface area contributed by atoms with E-state index in [-0.39, 0.29) is 4.90 Å². The summed E-state index contributed by atoms with van der Waals surface area (Å²) >= 11 is 1.38. The molecule has 3 N–H and O–H groups in total. The molecule has 33 heavy (non-hydrogen) atoms. The molecule has 0 saturated carbocycles. The third-order valence-electron chi connectivity index (χ3n) is 6.36. The Morgan fingerprint density at radius 3 is 2.33 bits per heavy atom. The third-order valence-corrected chi connectivity index (χ3v) is 9.40. The number of rotatable bonds is 6. The summed E-state index contributed by atoms with van der Waals surface area (Å²) in [7, 11) is -3.56. The normalized spacial score (nSPS) is 17.7. The molecule has 2 aliphatic heterocycles. The van der Waals surface area contributed by atoms with Gasteiger partial charge in [0.1, 0.15) is 5.00 Å². The fraction of sp³-hybridized carbons (Fsp3) is 0.478. The van der Waals surface area contributed by atoms with Crippen molar-refractivity contribution in [2.45, 2.75) is 57.0 Å². The Hall–Kier alpha value is -2.27. The molecule has 0 atom stereocenters. The molecule has 0 radical (unpaired) electrons. The Morgan fingerprint density at radius 1 is 1.06 bits per heavy atom. The molecule has 0 spiro atoms. The van der Waals surface area contributed by atoms with Gasteiger partial charge in [-0.25, -0.2) is 8.42 Å². The van der Waals surface area contributed by atoms with Crippen LogP contribution in [-0.4, -0.2) is 55.1 Å². The van der Waals surface area contributed by atoms with Crippen LogP contribution in [0, 0.1) is 0 Å². The van der Waals surface area contributed by atoms with Crippen molar-refractivity contribution in [1.29, 1.82) is 0 Å². The van der Waals surface area contributed by atoms with Crippen molar-refractivity contribution >= 4 is 38.2 Å². The van der Waals surface area contributed by atoms with Crippen molar-refractivity contribution in [3.05, 3.63) is 45.8 Å². The number of piperidine rings is 1. The van der Waals surface area contributed by atoms with Gasteiger partial charge in [0.2, 0.25) is 10.0 Å². The van der Waals surface area contributed by atoms with E-state index in [2.05, 4.69) is 24.1 Å². The van der Waals surface area contributed by atoms with E-state index in [4.69, 9.17) is 5.73 Å². The highest BCUT2D eigenvalue weighted by molar-refractivity contribution is 7.89. The monoisotopic (exact) mass is 490 g/mol.